The Kier molecular flexibility index (Phi) is 2.26. The Hall–Kier alpha value is -1.27. The molecule has 1 aliphatic heterocycles. The number of nitrogens with zero attached hydrogens (tertiary/aromatic N) is 3. The first-order valence-electron chi connectivity index (χ1n) is 5.32. The Labute approximate surface area is 98.5 Å². The molecule has 1 fully saturated rings. The minimum Gasteiger partial charge on any atom is -0.382 e. The van der Waals surface area contributed by atoms with Crippen molar-refractivity contribution in [3.8, 4) is 0 Å². The summed E-state index contributed by atoms with van der Waals surface area (Å²) in [4.78, 5) is 8.53. The zero-order valence-electron chi connectivity index (χ0n) is 8.72. The predicted molar refractivity (Wildman–Crippen MR) is 64.6 cm³/mol. The van der Waals surface area contributed by atoms with Crippen molar-refractivity contribution in [1.29, 1.82) is 0 Å². The van der Waals surface area contributed by atoms with Gasteiger partial charge >= 0.3 is 0 Å². The van der Waals surface area contributed by atoms with Gasteiger partial charge in [0.25, 0.3) is 0 Å². The van der Waals surface area contributed by atoms with E-state index in [1.165, 1.54) is 6.42 Å². The molecular weight excluding hydrogens is 222 g/mol. The van der Waals surface area contributed by atoms with Gasteiger partial charge in [-0.1, -0.05) is 0 Å². The highest BCUT2D eigenvalue weighted by Crippen LogP contribution is 2.27. The molecule has 84 valence electrons. The molecule has 2 aromatic heterocycles. The van der Waals surface area contributed by atoms with E-state index in [-0.39, 0.29) is 0 Å². The Balaban J connectivity index is 2.22. The zero-order valence-corrected chi connectivity index (χ0v) is 9.61. The second kappa shape index (κ2) is 3.64. The van der Waals surface area contributed by atoms with Crippen molar-refractivity contribution in [3.05, 3.63) is 18.2 Å². The average molecular weight is 235 g/mol. The fourth-order valence-corrected chi connectivity index (χ4v) is 2.54. The van der Waals surface area contributed by atoms with Crippen LogP contribution in [0.1, 0.15) is 24.7 Å². The summed E-state index contributed by atoms with van der Waals surface area (Å²) in [6, 6.07) is 0.301. The lowest BCUT2D eigenvalue weighted by Crippen LogP contribution is -2.15. The van der Waals surface area contributed by atoms with Gasteiger partial charge in [-0.2, -0.15) is 0 Å². The highest BCUT2D eigenvalue weighted by atomic mass is 32.1. The lowest BCUT2D eigenvalue weighted by atomic mass is 10.2. The number of imidazole rings is 1. The summed E-state index contributed by atoms with van der Waals surface area (Å²) in [5, 5.41) is 4.07. The molecule has 3 heterocycles. The molecule has 2 aromatic rings. The van der Waals surface area contributed by atoms with Crippen LogP contribution < -0.4 is 11.1 Å². The Morgan fingerprint density at radius 1 is 1.56 bits per heavy atom. The van der Waals surface area contributed by atoms with E-state index in [0.717, 1.165) is 24.3 Å². The second-order valence-electron chi connectivity index (χ2n) is 3.97. The molecule has 0 amide bonds. The van der Waals surface area contributed by atoms with Gasteiger partial charge in [-0.3, -0.25) is 4.40 Å². The maximum absolute atomic E-state index is 5.83. The molecule has 16 heavy (non-hydrogen) atoms. The molecule has 0 radical (unpaired) electrons. The molecule has 0 bridgehead atoms. The molecular formula is C10H13N5S. The van der Waals surface area contributed by atoms with Crippen LogP contribution in [0.5, 0.6) is 0 Å². The zero-order chi connectivity index (χ0) is 11.1. The monoisotopic (exact) mass is 235 g/mol. The van der Waals surface area contributed by atoms with Gasteiger partial charge in [0.2, 0.25) is 0 Å². The second-order valence-corrected chi connectivity index (χ2v) is 4.40. The van der Waals surface area contributed by atoms with Crippen LogP contribution in [0.15, 0.2) is 17.4 Å². The van der Waals surface area contributed by atoms with E-state index < -0.39 is 0 Å². The number of anilines is 1. The summed E-state index contributed by atoms with van der Waals surface area (Å²) in [7, 11) is 0. The van der Waals surface area contributed by atoms with Crippen LogP contribution in [0.2, 0.25) is 0 Å². The van der Waals surface area contributed by atoms with Crippen molar-refractivity contribution in [2.45, 2.75) is 23.9 Å². The van der Waals surface area contributed by atoms with E-state index in [0.29, 0.717) is 16.9 Å². The third kappa shape index (κ3) is 1.37. The van der Waals surface area contributed by atoms with Crippen LogP contribution in [-0.2, 0) is 0 Å². The quantitative estimate of drug-likeness (QED) is 0.646. The summed E-state index contributed by atoms with van der Waals surface area (Å²) in [6.45, 7) is 1.04. The number of aromatic nitrogens is 3. The lowest BCUT2D eigenvalue weighted by Gasteiger charge is -2.08. The highest BCUT2D eigenvalue weighted by Gasteiger charge is 2.22. The molecule has 1 aliphatic rings. The van der Waals surface area contributed by atoms with Gasteiger partial charge in [0.15, 0.2) is 5.82 Å². The number of nitrogens with two attached hydrogens (primary N) is 1. The Morgan fingerprint density at radius 3 is 3.19 bits per heavy atom. The minimum absolute atomic E-state index is 0.301. The molecule has 6 heteroatoms. The van der Waals surface area contributed by atoms with E-state index in [1.54, 1.807) is 6.20 Å². The van der Waals surface area contributed by atoms with Crippen molar-refractivity contribution < 1.29 is 0 Å². The van der Waals surface area contributed by atoms with Gasteiger partial charge in [-0.05, 0) is 19.4 Å². The molecule has 0 aliphatic carbocycles. The molecule has 1 unspecified atom stereocenters. The van der Waals surface area contributed by atoms with E-state index in [1.807, 2.05) is 10.6 Å². The fraction of sp³-hybridized carbons (Fsp3) is 0.400. The van der Waals surface area contributed by atoms with Gasteiger partial charge in [0.1, 0.15) is 16.4 Å². The number of nitrogens with one attached hydrogen (secondary N) is 1. The van der Waals surface area contributed by atoms with Crippen LogP contribution in [0.4, 0.5) is 5.82 Å². The van der Waals surface area contributed by atoms with Crippen molar-refractivity contribution >= 4 is 24.0 Å². The van der Waals surface area contributed by atoms with Gasteiger partial charge in [-0.25, -0.2) is 9.97 Å². The summed E-state index contributed by atoms with van der Waals surface area (Å²) in [6.07, 6.45) is 5.86. The number of fused-ring (bicyclic) bond motifs is 1. The first kappa shape index (κ1) is 9.92. The number of hydrogen-bond donors (Lipinski definition) is 3. The fourth-order valence-electron chi connectivity index (χ4n) is 2.22. The van der Waals surface area contributed by atoms with E-state index in [9.17, 15) is 0 Å². The molecule has 5 nitrogen and oxygen atoms in total. The van der Waals surface area contributed by atoms with Crippen molar-refractivity contribution in [1.82, 2.24) is 19.7 Å². The molecule has 0 spiro atoms. The average Bonchev–Trinajstić information content (AvgIpc) is 2.86. The minimum atomic E-state index is 0.301. The standard InChI is InChI=1S/C10H13N5S/c11-8-7-10(16)14-9(6-2-1-3-12-6)15(7)5-4-13-8/h4-6,12,16H,1-3H2,(H2,11,13). The predicted octanol–water partition coefficient (Wildman–Crippen LogP) is 1.02. The van der Waals surface area contributed by atoms with E-state index >= 15 is 0 Å². The summed E-state index contributed by atoms with van der Waals surface area (Å²) >= 11 is 4.35. The van der Waals surface area contributed by atoms with Crippen molar-refractivity contribution in [2.24, 2.45) is 0 Å². The largest absolute Gasteiger partial charge is 0.382 e. The summed E-state index contributed by atoms with van der Waals surface area (Å²) < 4.78 is 1.98. The molecule has 1 saturated heterocycles. The van der Waals surface area contributed by atoms with Crippen molar-refractivity contribution in [3.63, 3.8) is 0 Å². The van der Waals surface area contributed by atoms with Gasteiger partial charge in [0.05, 0.1) is 6.04 Å². The highest BCUT2D eigenvalue weighted by molar-refractivity contribution is 7.80. The van der Waals surface area contributed by atoms with Crippen LogP contribution in [0, 0.1) is 0 Å². The maximum atomic E-state index is 5.83. The van der Waals surface area contributed by atoms with Crippen LogP contribution in [0.25, 0.3) is 5.52 Å². The smallest absolute Gasteiger partial charge is 0.150 e. The van der Waals surface area contributed by atoms with E-state index in [2.05, 4.69) is 27.9 Å². The lowest BCUT2D eigenvalue weighted by molar-refractivity contribution is 0.600. The van der Waals surface area contributed by atoms with E-state index in [4.69, 9.17) is 5.73 Å². The third-order valence-electron chi connectivity index (χ3n) is 2.96. The number of hydrogen-bond acceptors (Lipinski definition) is 5. The number of nitrogen functional groups attached to an aromatic ring is 1. The first-order valence-corrected chi connectivity index (χ1v) is 5.77. The molecule has 0 saturated carbocycles. The Bertz CT molecular complexity index is 529. The summed E-state index contributed by atoms with van der Waals surface area (Å²) in [5.74, 6) is 1.45. The summed E-state index contributed by atoms with van der Waals surface area (Å²) in [5.41, 5.74) is 6.63. The topological polar surface area (TPSA) is 68.2 Å². The van der Waals surface area contributed by atoms with Gasteiger partial charge in [0, 0.05) is 12.4 Å². The molecule has 3 N–H and O–H groups in total. The van der Waals surface area contributed by atoms with Crippen molar-refractivity contribution in [2.75, 3.05) is 12.3 Å². The maximum Gasteiger partial charge on any atom is 0.150 e. The third-order valence-corrected chi connectivity index (χ3v) is 3.28. The van der Waals surface area contributed by atoms with Crippen LogP contribution in [0.3, 0.4) is 0 Å². The Morgan fingerprint density at radius 2 is 2.44 bits per heavy atom. The van der Waals surface area contributed by atoms with Crippen LogP contribution >= 0.6 is 12.6 Å². The molecule has 3 rings (SSSR count). The molecule has 0 aromatic carbocycles. The van der Waals surface area contributed by atoms with Gasteiger partial charge < -0.3 is 11.1 Å². The van der Waals surface area contributed by atoms with Gasteiger partial charge in [-0.15, -0.1) is 12.6 Å². The first-order chi connectivity index (χ1) is 7.77. The normalized spacial score (nSPS) is 20.7. The SMILES string of the molecule is Nc1nccn2c(C3CCCN3)nc(S)c12. The molecule has 1 atom stereocenters. The van der Waals surface area contributed by atoms with Crippen LogP contribution in [-0.4, -0.2) is 20.9 Å². The number of thiol groups is 1. The number of rotatable bonds is 1.